The highest BCUT2D eigenvalue weighted by Crippen LogP contribution is 2.17. The number of carbonyl (C=O) groups is 1. The lowest BCUT2D eigenvalue weighted by atomic mass is 10.1. The first-order chi connectivity index (χ1) is 11.5. The highest BCUT2D eigenvalue weighted by molar-refractivity contribution is 5.94. The molecule has 2 aliphatic heterocycles. The molecule has 0 spiro atoms. The number of piperazine rings is 1. The number of rotatable bonds is 4. The molecule has 2 saturated heterocycles. The van der Waals surface area contributed by atoms with E-state index in [0.717, 1.165) is 26.2 Å². The fraction of sp³-hybridized carbons (Fsp3) is 0.588. The van der Waals surface area contributed by atoms with Gasteiger partial charge < -0.3 is 20.1 Å². The second-order valence-corrected chi connectivity index (χ2v) is 6.56. The Hall–Kier alpha value is -1.54. The van der Waals surface area contributed by atoms with E-state index in [1.165, 1.54) is 18.2 Å². The number of ether oxygens (including phenoxy) is 1. The maximum absolute atomic E-state index is 13.2. The molecule has 0 saturated carbocycles. The van der Waals surface area contributed by atoms with Gasteiger partial charge in [-0.25, -0.2) is 4.39 Å². The van der Waals surface area contributed by atoms with Gasteiger partial charge >= 0.3 is 0 Å². The molecule has 3 atom stereocenters. The number of amides is 1. The van der Waals surface area contributed by atoms with Gasteiger partial charge in [-0.05, 0) is 25.2 Å². The quantitative estimate of drug-likeness (QED) is 0.805. The largest absolute Gasteiger partial charge is 0.388 e. The summed E-state index contributed by atoms with van der Waals surface area (Å²) in [5, 5.41) is 13.2. The second kappa shape index (κ2) is 7.57. The monoisotopic (exact) mass is 337 g/mol. The lowest BCUT2D eigenvalue weighted by Gasteiger charge is -2.34. The zero-order chi connectivity index (χ0) is 17.1. The Kier molecular flexibility index (Phi) is 5.45. The number of nitrogens with zero attached hydrogens (tertiary/aromatic N) is 2. The van der Waals surface area contributed by atoms with Gasteiger partial charge in [0.25, 0.3) is 5.91 Å². The first-order valence-electron chi connectivity index (χ1n) is 8.30. The molecule has 2 heterocycles. The average molecular weight is 337 g/mol. The summed E-state index contributed by atoms with van der Waals surface area (Å²) in [6.45, 7) is 4.82. The molecular formula is C17H24FN3O3. The fourth-order valence-electron chi connectivity index (χ4n) is 3.14. The van der Waals surface area contributed by atoms with E-state index < -0.39 is 23.9 Å². The van der Waals surface area contributed by atoms with Crippen LogP contribution in [-0.4, -0.2) is 85.4 Å². The van der Waals surface area contributed by atoms with Crippen molar-refractivity contribution in [1.29, 1.82) is 0 Å². The maximum Gasteiger partial charge on any atom is 0.251 e. The summed E-state index contributed by atoms with van der Waals surface area (Å²) in [6, 6.07) is 5.03. The first-order valence-corrected chi connectivity index (χ1v) is 8.30. The van der Waals surface area contributed by atoms with Crippen LogP contribution in [0, 0.1) is 5.82 Å². The van der Waals surface area contributed by atoms with E-state index in [-0.39, 0.29) is 18.3 Å². The molecule has 2 fully saturated rings. The molecule has 0 radical (unpaired) electrons. The lowest BCUT2D eigenvalue weighted by Crippen LogP contribution is -2.50. The van der Waals surface area contributed by atoms with Crippen molar-refractivity contribution in [3.05, 3.63) is 35.6 Å². The molecule has 1 aromatic rings. The number of hydrogen-bond acceptors (Lipinski definition) is 5. The summed E-state index contributed by atoms with van der Waals surface area (Å²) >= 11 is 0. The third kappa shape index (κ3) is 4.10. The molecule has 6 nitrogen and oxygen atoms in total. The maximum atomic E-state index is 13.2. The van der Waals surface area contributed by atoms with Gasteiger partial charge in [0, 0.05) is 38.3 Å². The van der Waals surface area contributed by atoms with Crippen molar-refractivity contribution in [3.8, 4) is 0 Å². The Morgan fingerprint density at radius 2 is 2.12 bits per heavy atom. The van der Waals surface area contributed by atoms with Crippen LogP contribution in [0.15, 0.2) is 24.3 Å². The Bertz CT molecular complexity index is 578. The lowest BCUT2D eigenvalue weighted by molar-refractivity contribution is 0.00606. The van der Waals surface area contributed by atoms with Crippen LogP contribution in [0.25, 0.3) is 0 Å². The zero-order valence-electron chi connectivity index (χ0n) is 13.8. The third-order valence-corrected chi connectivity index (χ3v) is 4.72. The summed E-state index contributed by atoms with van der Waals surface area (Å²) < 4.78 is 18.9. The summed E-state index contributed by atoms with van der Waals surface area (Å²) in [4.78, 5) is 16.7. The highest BCUT2D eigenvalue weighted by Gasteiger charge is 2.38. The van der Waals surface area contributed by atoms with Crippen LogP contribution >= 0.6 is 0 Å². The molecule has 0 bridgehead atoms. The third-order valence-electron chi connectivity index (χ3n) is 4.72. The topological polar surface area (TPSA) is 65.0 Å². The minimum absolute atomic E-state index is 0.240. The number of likely N-dealkylation sites (N-methyl/N-ethyl adjacent to an activating group) is 1. The van der Waals surface area contributed by atoms with Gasteiger partial charge in [0.15, 0.2) is 0 Å². The Labute approximate surface area is 141 Å². The van der Waals surface area contributed by atoms with E-state index in [1.807, 2.05) is 0 Å². The van der Waals surface area contributed by atoms with Gasteiger partial charge in [-0.1, -0.05) is 6.07 Å². The molecule has 0 aliphatic carbocycles. The predicted molar refractivity (Wildman–Crippen MR) is 87.3 cm³/mol. The fourth-order valence-corrected chi connectivity index (χ4v) is 3.14. The number of carbonyl (C=O) groups excluding carboxylic acids is 1. The van der Waals surface area contributed by atoms with E-state index in [0.29, 0.717) is 6.54 Å². The van der Waals surface area contributed by atoms with Crippen molar-refractivity contribution in [2.75, 3.05) is 46.4 Å². The van der Waals surface area contributed by atoms with Crippen LogP contribution in [-0.2, 0) is 4.74 Å². The van der Waals surface area contributed by atoms with Crippen LogP contribution in [0.2, 0.25) is 0 Å². The van der Waals surface area contributed by atoms with E-state index in [9.17, 15) is 14.3 Å². The standard InChI is InChI=1S/C17H24FN3O3/c1-20-5-7-21(8-6-20)10-15-16(22)14(11-24-15)19-17(23)12-3-2-4-13(18)9-12/h2-4,9,14-16,22H,5-8,10-11H2,1H3,(H,19,23)/t14-,15-,16+/m0/s1. The van der Waals surface area contributed by atoms with Gasteiger partial charge in [-0.3, -0.25) is 9.69 Å². The molecule has 24 heavy (non-hydrogen) atoms. The molecular weight excluding hydrogens is 313 g/mol. The van der Waals surface area contributed by atoms with Crippen molar-refractivity contribution in [3.63, 3.8) is 0 Å². The van der Waals surface area contributed by atoms with E-state index in [1.54, 1.807) is 6.07 Å². The Morgan fingerprint density at radius 3 is 2.83 bits per heavy atom. The van der Waals surface area contributed by atoms with Crippen molar-refractivity contribution >= 4 is 5.91 Å². The van der Waals surface area contributed by atoms with Gasteiger partial charge in [0.1, 0.15) is 11.9 Å². The van der Waals surface area contributed by atoms with Crippen LogP contribution in [0.3, 0.4) is 0 Å². The van der Waals surface area contributed by atoms with Gasteiger partial charge in [-0.2, -0.15) is 0 Å². The van der Waals surface area contributed by atoms with Crippen LogP contribution in [0.4, 0.5) is 4.39 Å². The zero-order valence-corrected chi connectivity index (χ0v) is 13.8. The number of aliphatic hydroxyl groups is 1. The van der Waals surface area contributed by atoms with E-state index in [4.69, 9.17) is 4.74 Å². The molecule has 132 valence electrons. The Balaban J connectivity index is 1.52. The van der Waals surface area contributed by atoms with Crippen LogP contribution in [0.5, 0.6) is 0 Å². The summed E-state index contributed by atoms with van der Waals surface area (Å²) in [7, 11) is 2.09. The normalized spacial score (nSPS) is 28.9. The SMILES string of the molecule is CN1CCN(C[C@@H]2OC[C@H](NC(=O)c3cccc(F)c3)[C@H]2O)CC1. The van der Waals surface area contributed by atoms with Crippen molar-refractivity contribution in [2.24, 2.45) is 0 Å². The Morgan fingerprint density at radius 1 is 1.38 bits per heavy atom. The van der Waals surface area contributed by atoms with Crippen molar-refractivity contribution < 1.29 is 19.0 Å². The van der Waals surface area contributed by atoms with E-state index in [2.05, 4.69) is 22.2 Å². The van der Waals surface area contributed by atoms with Gasteiger partial charge in [-0.15, -0.1) is 0 Å². The molecule has 1 aromatic carbocycles. The van der Waals surface area contributed by atoms with Gasteiger partial charge in [0.2, 0.25) is 0 Å². The molecule has 3 rings (SSSR count). The number of benzene rings is 1. The smallest absolute Gasteiger partial charge is 0.251 e. The predicted octanol–water partition coefficient (Wildman–Crippen LogP) is -0.0688. The number of aliphatic hydroxyl groups excluding tert-OH is 1. The van der Waals surface area contributed by atoms with E-state index >= 15 is 0 Å². The summed E-state index contributed by atoms with van der Waals surface area (Å²) in [5.41, 5.74) is 0.240. The van der Waals surface area contributed by atoms with Crippen molar-refractivity contribution in [1.82, 2.24) is 15.1 Å². The summed E-state index contributed by atoms with van der Waals surface area (Å²) in [6.07, 6.45) is -1.08. The average Bonchev–Trinajstić information content (AvgIpc) is 2.90. The molecule has 0 unspecified atom stereocenters. The van der Waals surface area contributed by atoms with Gasteiger partial charge in [0.05, 0.1) is 18.8 Å². The minimum atomic E-state index is -0.762. The number of halogens is 1. The van der Waals surface area contributed by atoms with Crippen LogP contribution < -0.4 is 5.32 Å². The number of nitrogens with one attached hydrogen (secondary N) is 1. The molecule has 1 amide bonds. The van der Waals surface area contributed by atoms with Crippen LogP contribution in [0.1, 0.15) is 10.4 Å². The molecule has 0 aromatic heterocycles. The van der Waals surface area contributed by atoms with Crippen molar-refractivity contribution in [2.45, 2.75) is 18.2 Å². The first kappa shape index (κ1) is 17.3. The second-order valence-electron chi connectivity index (χ2n) is 6.56. The molecule has 2 N–H and O–H groups in total. The highest BCUT2D eigenvalue weighted by atomic mass is 19.1. The molecule has 2 aliphatic rings. The summed E-state index contributed by atoms with van der Waals surface area (Å²) in [5.74, 6) is -0.860. The molecule has 7 heteroatoms. The minimum Gasteiger partial charge on any atom is -0.388 e. The number of hydrogen-bond donors (Lipinski definition) is 2.